The van der Waals surface area contributed by atoms with Crippen LogP contribution in [0, 0.1) is 0 Å². The molecule has 0 aromatic heterocycles. The van der Waals surface area contributed by atoms with Crippen molar-refractivity contribution < 1.29 is 4.79 Å². The fraction of sp³-hybridized carbons (Fsp3) is 0.417. The number of fused-ring (bicyclic) bond motifs is 1. The van der Waals surface area contributed by atoms with Gasteiger partial charge in [0, 0.05) is 4.90 Å². The molecule has 74 valence electrons. The van der Waals surface area contributed by atoms with Gasteiger partial charge in [-0.1, -0.05) is 6.07 Å². The van der Waals surface area contributed by atoms with Crippen LogP contribution in [0.1, 0.15) is 24.0 Å². The lowest BCUT2D eigenvalue weighted by Crippen LogP contribution is -2.02. The average Bonchev–Trinajstić information content (AvgIpc) is 2.26. The smallest absolute Gasteiger partial charge is 0.130 e. The van der Waals surface area contributed by atoms with Crippen molar-refractivity contribution in [2.24, 2.45) is 0 Å². The largest absolute Gasteiger partial charge is 0.302 e. The van der Waals surface area contributed by atoms with Crippen LogP contribution in [0.5, 0.6) is 0 Å². The van der Waals surface area contributed by atoms with E-state index in [0.29, 0.717) is 5.75 Å². The van der Waals surface area contributed by atoms with Crippen molar-refractivity contribution >= 4 is 18.0 Å². The molecule has 0 atom stereocenters. The van der Waals surface area contributed by atoms with Crippen LogP contribution in [0.4, 0.5) is 0 Å². The molecule has 2 heteroatoms. The Balaban J connectivity index is 2.16. The maximum Gasteiger partial charge on any atom is 0.130 e. The summed E-state index contributed by atoms with van der Waals surface area (Å²) in [5.74, 6) is 0.568. The Morgan fingerprint density at radius 2 is 2.00 bits per heavy atom. The first-order valence-corrected chi connectivity index (χ1v) is 6.07. The topological polar surface area (TPSA) is 17.1 Å². The van der Waals surface area contributed by atoms with Gasteiger partial charge in [-0.15, -0.1) is 11.8 Å². The molecule has 1 aliphatic rings. The van der Waals surface area contributed by atoms with Crippen LogP contribution in [0.3, 0.4) is 0 Å². The number of carbonyl (C=O) groups is 1. The van der Waals surface area contributed by atoms with Crippen molar-refractivity contribution in [1.29, 1.82) is 0 Å². The summed E-state index contributed by atoms with van der Waals surface area (Å²) in [5, 5.41) is 0. The van der Waals surface area contributed by atoms with Crippen LogP contribution in [-0.4, -0.2) is 12.0 Å². The minimum absolute atomic E-state index is 0.568. The molecule has 2 rings (SSSR count). The second-order valence-electron chi connectivity index (χ2n) is 3.62. The maximum absolute atomic E-state index is 10.2. The van der Waals surface area contributed by atoms with Crippen LogP contribution < -0.4 is 0 Å². The first kappa shape index (κ1) is 9.78. The van der Waals surface area contributed by atoms with E-state index in [-0.39, 0.29) is 0 Å². The predicted octanol–water partition coefficient (Wildman–Crippen LogP) is 2.86. The molecule has 1 aromatic rings. The zero-order chi connectivity index (χ0) is 9.80. The van der Waals surface area contributed by atoms with Gasteiger partial charge in [0.15, 0.2) is 0 Å². The average molecular weight is 206 g/mol. The summed E-state index contributed by atoms with van der Waals surface area (Å²) in [7, 11) is 0. The molecule has 0 amide bonds. The molecular formula is C12H14OS. The first-order valence-electron chi connectivity index (χ1n) is 5.08. The van der Waals surface area contributed by atoms with Gasteiger partial charge in [-0.3, -0.25) is 0 Å². The van der Waals surface area contributed by atoms with E-state index in [9.17, 15) is 4.79 Å². The maximum atomic E-state index is 10.2. The van der Waals surface area contributed by atoms with Crippen molar-refractivity contribution in [3.8, 4) is 0 Å². The predicted molar refractivity (Wildman–Crippen MR) is 59.9 cm³/mol. The third-order valence-electron chi connectivity index (χ3n) is 2.64. The quantitative estimate of drug-likeness (QED) is 0.559. The lowest BCUT2D eigenvalue weighted by atomic mass is 9.92. The normalized spacial score (nSPS) is 14.9. The van der Waals surface area contributed by atoms with Crippen molar-refractivity contribution in [3.63, 3.8) is 0 Å². The molecule has 0 spiro atoms. The number of hydrogen-bond acceptors (Lipinski definition) is 2. The van der Waals surface area contributed by atoms with Crippen molar-refractivity contribution in [3.05, 3.63) is 29.3 Å². The summed E-state index contributed by atoms with van der Waals surface area (Å²) in [6.45, 7) is 0. The van der Waals surface area contributed by atoms with Gasteiger partial charge in [0.1, 0.15) is 6.29 Å². The van der Waals surface area contributed by atoms with E-state index in [0.717, 1.165) is 6.29 Å². The zero-order valence-corrected chi connectivity index (χ0v) is 8.98. The second-order valence-corrected chi connectivity index (χ2v) is 4.71. The molecule has 0 saturated heterocycles. The van der Waals surface area contributed by atoms with Gasteiger partial charge in [0.25, 0.3) is 0 Å². The van der Waals surface area contributed by atoms with Crippen molar-refractivity contribution in [2.45, 2.75) is 30.6 Å². The first-order chi connectivity index (χ1) is 6.90. The van der Waals surface area contributed by atoms with Crippen LogP contribution in [0.15, 0.2) is 23.1 Å². The highest BCUT2D eigenvalue weighted by Gasteiger charge is 2.09. The lowest BCUT2D eigenvalue weighted by molar-refractivity contribution is -0.105. The minimum Gasteiger partial charge on any atom is -0.302 e. The summed E-state index contributed by atoms with van der Waals surface area (Å²) in [4.78, 5) is 11.5. The Hall–Kier alpha value is -0.760. The van der Waals surface area contributed by atoms with Gasteiger partial charge in [-0.2, -0.15) is 0 Å². The van der Waals surface area contributed by atoms with E-state index < -0.39 is 0 Å². The minimum atomic E-state index is 0.568. The Morgan fingerprint density at radius 3 is 2.79 bits per heavy atom. The molecule has 0 N–H and O–H groups in total. The summed E-state index contributed by atoms with van der Waals surface area (Å²) >= 11 is 1.63. The zero-order valence-electron chi connectivity index (χ0n) is 8.16. The van der Waals surface area contributed by atoms with Crippen molar-refractivity contribution in [2.75, 3.05) is 5.75 Å². The Labute approximate surface area is 88.9 Å². The summed E-state index contributed by atoms with van der Waals surface area (Å²) in [6.07, 6.45) is 6.05. The molecule has 14 heavy (non-hydrogen) atoms. The Morgan fingerprint density at radius 1 is 1.21 bits per heavy atom. The van der Waals surface area contributed by atoms with Crippen LogP contribution in [0.2, 0.25) is 0 Å². The van der Waals surface area contributed by atoms with E-state index in [2.05, 4.69) is 18.2 Å². The molecule has 1 nitrogen and oxygen atoms in total. The summed E-state index contributed by atoms with van der Waals surface area (Å²) in [6, 6.07) is 6.61. The number of aryl methyl sites for hydroxylation is 2. The number of carbonyl (C=O) groups excluding carboxylic acids is 1. The standard InChI is InChI=1S/C12H14OS/c13-7-8-14-12-6-5-10-3-1-2-4-11(10)9-12/h5-7,9H,1-4,8H2. The highest BCUT2D eigenvalue weighted by molar-refractivity contribution is 7.99. The fourth-order valence-electron chi connectivity index (χ4n) is 1.93. The van der Waals surface area contributed by atoms with E-state index in [1.54, 1.807) is 11.8 Å². The van der Waals surface area contributed by atoms with E-state index in [1.165, 1.54) is 41.7 Å². The number of aldehydes is 1. The van der Waals surface area contributed by atoms with Crippen molar-refractivity contribution in [1.82, 2.24) is 0 Å². The highest BCUT2D eigenvalue weighted by atomic mass is 32.2. The van der Waals surface area contributed by atoms with Crippen LogP contribution in [-0.2, 0) is 17.6 Å². The van der Waals surface area contributed by atoms with Crippen LogP contribution in [0.25, 0.3) is 0 Å². The molecule has 0 heterocycles. The number of benzene rings is 1. The molecule has 0 unspecified atom stereocenters. The second kappa shape index (κ2) is 4.65. The molecule has 1 aromatic carbocycles. The molecule has 1 aliphatic carbocycles. The highest BCUT2D eigenvalue weighted by Crippen LogP contribution is 2.26. The lowest BCUT2D eigenvalue weighted by Gasteiger charge is -2.15. The van der Waals surface area contributed by atoms with Gasteiger partial charge in [0.2, 0.25) is 0 Å². The Bertz CT molecular complexity index is 333. The number of hydrogen-bond donors (Lipinski definition) is 0. The Kier molecular flexibility index (Phi) is 3.25. The summed E-state index contributed by atoms with van der Waals surface area (Å²) < 4.78 is 0. The monoisotopic (exact) mass is 206 g/mol. The van der Waals surface area contributed by atoms with Gasteiger partial charge < -0.3 is 4.79 Å². The molecular weight excluding hydrogens is 192 g/mol. The molecule has 0 saturated carbocycles. The number of thioether (sulfide) groups is 1. The van der Waals surface area contributed by atoms with Gasteiger partial charge in [-0.05, 0) is 48.9 Å². The number of rotatable bonds is 3. The molecule has 0 aliphatic heterocycles. The van der Waals surface area contributed by atoms with Gasteiger partial charge in [-0.25, -0.2) is 0 Å². The van der Waals surface area contributed by atoms with E-state index >= 15 is 0 Å². The third kappa shape index (κ3) is 2.18. The summed E-state index contributed by atoms with van der Waals surface area (Å²) in [5.41, 5.74) is 3.00. The van der Waals surface area contributed by atoms with Gasteiger partial charge in [0.05, 0.1) is 5.75 Å². The van der Waals surface area contributed by atoms with E-state index in [1.807, 2.05) is 0 Å². The third-order valence-corrected chi connectivity index (χ3v) is 3.53. The van der Waals surface area contributed by atoms with E-state index in [4.69, 9.17) is 0 Å². The van der Waals surface area contributed by atoms with Gasteiger partial charge >= 0.3 is 0 Å². The molecule has 0 bridgehead atoms. The molecule has 0 fully saturated rings. The van der Waals surface area contributed by atoms with Crippen LogP contribution >= 0.6 is 11.8 Å². The SMILES string of the molecule is O=CCSc1ccc2c(c1)CCCC2. The fourth-order valence-corrected chi connectivity index (χ4v) is 2.58. The molecule has 0 radical (unpaired) electrons.